The van der Waals surface area contributed by atoms with Crippen molar-refractivity contribution in [3.63, 3.8) is 0 Å². The zero-order chi connectivity index (χ0) is 10.7. The van der Waals surface area contributed by atoms with E-state index in [0.29, 0.717) is 0 Å². The van der Waals surface area contributed by atoms with Gasteiger partial charge < -0.3 is 0 Å². The van der Waals surface area contributed by atoms with Crippen molar-refractivity contribution < 1.29 is 0 Å². The minimum Gasteiger partial charge on any atom is -0.271 e. The molecule has 1 heterocycles. The first-order valence-electron chi connectivity index (χ1n) is 4.61. The number of nitrogens with one attached hydrogen (secondary N) is 1. The highest BCUT2D eigenvalue weighted by molar-refractivity contribution is 7.03. The number of aromatic nitrogens is 2. The molecule has 0 saturated heterocycles. The summed E-state index contributed by atoms with van der Waals surface area (Å²) < 4.78 is 3.84. The Morgan fingerprint density at radius 2 is 2.33 bits per heavy atom. The Kier molecular flexibility index (Phi) is 3.05. The fourth-order valence-corrected chi connectivity index (χ4v) is 1.98. The van der Waals surface area contributed by atoms with Crippen LogP contribution in [0.25, 0.3) is 0 Å². The first-order valence-corrected chi connectivity index (χ1v) is 5.44. The van der Waals surface area contributed by atoms with Gasteiger partial charge in [0.1, 0.15) is 0 Å². The van der Waals surface area contributed by atoms with Gasteiger partial charge in [0, 0.05) is 5.38 Å². The Morgan fingerprint density at radius 1 is 1.47 bits per heavy atom. The van der Waals surface area contributed by atoms with E-state index in [1.165, 1.54) is 17.1 Å². The summed E-state index contributed by atoms with van der Waals surface area (Å²) in [6, 6.07) is 8.09. The molecule has 0 amide bonds. The van der Waals surface area contributed by atoms with Gasteiger partial charge >= 0.3 is 0 Å². The molecule has 1 atom stereocenters. The molecule has 1 unspecified atom stereocenters. The Morgan fingerprint density at radius 3 is 2.93 bits per heavy atom. The maximum Gasteiger partial charge on any atom is 0.0983 e. The molecule has 2 aromatic rings. The van der Waals surface area contributed by atoms with E-state index in [-0.39, 0.29) is 6.04 Å². The number of hydrogen-bond donors (Lipinski definition) is 2. The summed E-state index contributed by atoms with van der Waals surface area (Å²) in [5.41, 5.74) is 5.91. The largest absolute Gasteiger partial charge is 0.271 e. The smallest absolute Gasteiger partial charge is 0.0983 e. The number of benzene rings is 1. The molecule has 0 spiro atoms. The van der Waals surface area contributed by atoms with Crippen LogP contribution in [-0.2, 0) is 0 Å². The molecule has 5 heteroatoms. The second-order valence-electron chi connectivity index (χ2n) is 3.34. The lowest BCUT2D eigenvalue weighted by atomic mass is 10.0. The second kappa shape index (κ2) is 4.48. The van der Waals surface area contributed by atoms with Crippen LogP contribution in [0.4, 0.5) is 0 Å². The molecule has 0 saturated carbocycles. The molecule has 0 radical (unpaired) electrons. The van der Waals surface area contributed by atoms with Gasteiger partial charge in [-0.25, -0.2) is 5.43 Å². The van der Waals surface area contributed by atoms with E-state index in [1.54, 1.807) is 0 Å². The Hall–Kier alpha value is -1.30. The quantitative estimate of drug-likeness (QED) is 0.606. The number of nitrogens with two attached hydrogens (primary N) is 1. The lowest BCUT2D eigenvalue weighted by Crippen LogP contribution is -2.29. The topological polar surface area (TPSA) is 63.8 Å². The summed E-state index contributed by atoms with van der Waals surface area (Å²) in [7, 11) is 0. The van der Waals surface area contributed by atoms with E-state index >= 15 is 0 Å². The highest BCUT2D eigenvalue weighted by atomic mass is 32.1. The van der Waals surface area contributed by atoms with Crippen molar-refractivity contribution in [1.82, 2.24) is 15.0 Å². The van der Waals surface area contributed by atoms with Gasteiger partial charge in [0.2, 0.25) is 0 Å². The van der Waals surface area contributed by atoms with E-state index in [2.05, 4.69) is 34.1 Å². The van der Waals surface area contributed by atoms with Crippen molar-refractivity contribution in [3.05, 3.63) is 46.5 Å². The minimum absolute atomic E-state index is 0.0800. The SMILES string of the molecule is Cc1cccc(C(NN)c2csnn2)c1. The molecule has 4 nitrogen and oxygen atoms in total. The van der Waals surface area contributed by atoms with Crippen molar-refractivity contribution in [3.8, 4) is 0 Å². The molecule has 0 aliphatic rings. The van der Waals surface area contributed by atoms with Crippen LogP contribution in [0.1, 0.15) is 22.9 Å². The van der Waals surface area contributed by atoms with Crippen LogP contribution in [0.3, 0.4) is 0 Å². The van der Waals surface area contributed by atoms with Crippen LogP contribution >= 0.6 is 11.5 Å². The first kappa shape index (κ1) is 10.2. The van der Waals surface area contributed by atoms with Gasteiger partial charge in [-0.15, -0.1) is 5.10 Å². The van der Waals surface area contributed by atoms with Crippen LogP contribution in [0.2, 0.25) is 0 Å². The first-order chi connectivity index (χ1) is 7.31. The lowest BCUT2D eigenvalue weighted by molar-refractivity contribution is 0.618. The van der Waals surface area contributed by atoms with Crippen molar-refractivity contribution in [2.24, 2.45) is 5.84 Å². The van der Waals surface area contributed by atoms with Crippen molar-refractivity contribution in [2.75, 3.05) is 0 Å². The lowest BCUT2D eigenvalue weighted by Gasteiger charge is -2.13. The third kappa shape index (κ3) is 2.20. The molecule has 1 aromatic carbocycles. The maximum absolute atomic E-state index is 5.53. The van der Waals surface area contributed by atoms with Crippen LogP contribution in [0, 0.1) is 6.92 Å². The fourth-order valence-electron chi connectivity index (χ4n) is 1.50. The predicted molar refractivity (Wildman–Crippen MR) is 60.3 cm³/mol. The molecule has 2 rings (SSSR count). The van der Waals surface area contributed by atoms with Gasteiger partial charge in [-0.2, -0.15) is 0 Å². The van der Waals surface area contributed by atoms with E-state index in [1.807, 2.05) is 17.5 Å². The molecular formula is C10H12N4S. The standard InChI is InChI=1S/C10H12N4S/c1-7-3-2-4-8(5-7)10(12-11)9-6-15-14-13-9/h2-6,10,12H,11H2,1H3. The van der Waals surface area contributed by atoms with Gasteiger partial charge in [0.25, 0.3) is 0 Å². The second-order valence-corrected chi connectivity index (χ2v) is 3.95. The van der Waals surface area contributed by atoms with Crippen LogP contribution < -0.4 is 11.3 Å². The summed E-state index contributed by atoms with van der Waals surface area (Å²) in [6.45, 7) is 2.05. The summed E-state index contributed by atoms with van der Waals surface area (Å²) in [5.74, 6) is 5.53. The minimum atomic E-state index is -0.0800. The van der Waals surface area contributed by atoms with E-state index in [0.717, 1.165) is 11.3 Å². The molecular weight excluding hydrogens is 208 g/mol. The predicted octanol–water partition coefficient (Wildman–Crippen LogP) is 1.40. The molecule has 78 valence electrons. The molecule has 1 aromatic heterocycles. The van der Waals surface area contributed by atoms with Crippen molar-refractivity contribution >= 4 is 11.5 Å². The normalized spacial score (nSPS) is 12.7. The average Bonchev–Trinajstić information content (AvgIpc) is 2.72. The van der Waals surface area contributed by atoms with E-state index in [9.17, 15) is 0 Å². The van der Waals surface area contributed by atoms with Crippen molar-refractivity contribution in [1.29, 1.82) is 0 Å². The third-order valence-electron chi connectivity index (χ3n) is 2.21. The highest BCUT2D eigenvalue weighted by Crippen LogP contribution is 2.20. The van der Waals surface area contributed by atoms with Gasteiger partial charge in [-0.1, -0.05) is 34.3 Å². The van der Waals surface area contributed by atoms with E-state index < -0.39 is 0 Å². The molecule has 3 N–H and O–H groups in total. The summed E-state index contributed by atoms with van der Waals surface area (Å²) >= 11 is 1.33. The number of hydrogen-bond acceptors (Lipinski definition) is 5. The number of aryl methyl sites for hydroxylation is 1. The highest BCUT2D eigenvalue weighted by Gasteiger charge is 2.14. The summed E-state index contributed by atoms with van der Waals surface area (Å²) in [5, 5.41) is 5.92. The van der Waals surface area contributed by atoms with Crippen LogP contribution in [0.15, 0.2) is 29.6 Å². The Labute approximate surface area is 92.3 Å². The molecule has 0 bridgehead atoms. The fraction of sp³-hybridized carbons (Fsp3) is 0.200. The van der Waals surface area contributed by atoms with Crippen LogP contribution in [0.5, 0.6) is 0 Å². The van der Waals surface area contributed by atoms with Gasteiger partial charge in [-0.05, 0) is 24.0 Å². The van der Waals surface area contributed by atoms with Gasteiger partial charge in [0.15, 0.2) is 0 Å². The zero-order valence-corrected chi connectivity index (χ0v) is 9.16. The number of rotatable bonds is 3. The third-order valence-corrected chi connectivity index (χ3v) is 2.74. The summed E-state index contributed by atoms with van der Waals surface area (Å²) in [4.78, 5) is 0. The molecule has 0 aliphatic heterocycles. The number of nitrogens with zero attached hydrogens (tertiary/aromatic N) is 2. The van der Waals surface area contributed by atoms with E-state index in [4.69, 9.17) is 5.84 Å². The average molecular weight is 220 g/mol. The zero-order valence-electron chi connectivity index (χ0n) is 8.34. The summed E-state index contributed by atoms with van der Waals surface area (Å²) in [6.07, 6.45) is 0. The number of hydrazine groups is 1. The Balaban J connectivity index is 2.35. The van der Waals surface area contributed by atoms with Gasteiger partial charge in [-0.3, -0.25) is 5.84 Å². The van der Waals surface area contributed by atoms with Gasteiger partial charge in [0.05, 0.1) is 11.7 Å². The Bertz CT molecular complexity index is 427. The molecule has 15 heavy (non-hydrogen) atoms. The molecule has 0 fully saturated rings. The monoisotopic (exact) mass is 220 g/mol. The van der Waals surface area contributed by atoms with Crippen molar-refractivity contribution in [2.45, 2.75) is 13.0 Å². The van der Waals surface area contributed by atoms with Crippen LogP contribution in [-0.4, -0.2) is 9.59 Å². The molecule has 0 aliphatic carbocycles. The maximum atomic E-state index is 5.53.